The molecule has 0 radical (unpaired) electrons. The highest BCUT2D eigenvalue weighted by atomic mass is 35.5. The molecule has 7 heteroatoms. The molecule has 2 rings (SSSR count). The number of aromatic nitrogens is 1. The van der Waals surface area contributed by atoms with E-state index in [1.54, 1.807) is 11.8 Å². The summed E-state index contributed by atoms with van der Waals surface area (Å²) in [5.74, 6) is 1.48. The van der Waals surface area contributed by atoms with Gasteiger partial charge in [-0.05, 0) is 37.3 Å². The number of amides is 1. The number of nitroso groups, excluding NO2 is 1. The third-order valence-electron chi connectivity index (χ3n) is 5.37. The quantitative estimate of drug-likeness (QED) is 0.147. The highest BCUT2D eigenvalue weighted by Crippen LogP contribution is 2.36. The molecule has 0 fully saturated rings. The first-order valence-corrected chi connectivity index (χ1v) is 12.7. The van der Waals surface area contributed by atoms with E-state index >= 15 is 0 Å². The Morgan fingerprint density at radius 3 is 2.61 bits per heavy atom. The maximum absolute atomic E-state index is 12.8. The first kappa shape index (κ1) is 26.9. The first-order chi connectivity index (χ1) is 15.9. The lowest BCUT2D eigenvalue weighted by Crippen LogP contribution is -2.27. The Kier molecular flexibility index (Phi) is 11.5. The number of carbonyl (C=O) groups is 1. The summed E-state index contributed by atoms with van der Waals surface area (Å²) in [6.07, 6.45) is 7.22. The zero-order chi connectivity index (χ0) is 24.2. The summed E-state index contributed by atoms with van der Waals surface area (Å²) in [6, 6.07) is 9.85. The van der Waals surface area contributed by atoms with E-state index in [4.69, 9.17) is 11.6 Å². The molecule has 0 spiro atoms. The Morgan fingerprint density at radius 2 is 1.97 bits per heavy atom. The summed E-state index contributed by atoms with van der Waals surface area (Å²) in [4.78, 5) is 23.9. The number of benzene rings is 1. The number of halogens is 1. The van der Waals surface area contributed by atoms with Gasteiger partial charge in [-0.25, -0.2) is 0 Å². The molecule has 0 bridgehead atoms. The van der Waals surface area contributed by atoms with Gasteiger partial charge in [-0.15, -0.1) is 23.4 Å². The Labute approximate surface area is 206 Å². The van der Waals surface area contributed by atoms with Crippen molar-refractivity contribution in [3.63, 3.8) is 0 Å². The number of allylic oxidation sites excluding steroid dienone is 3. The summed E-state index contributed by atoms with van der Waals surface area (Å²) in [7, 11) is 0. The van der Waals surface area contributed by atoms with Crippen LogP contribution >= 0.6 is 23.4 Å². The maximum atomic E-state index is 12.8. The molecule has 0 saturated heterocycles. The third kappa shape index (κ3) is 8.20. The number of nitrogens with zero attached hydrogens (tertiary/aromatic N) is 2. The SMILES string of the molecule is C/C(=C\C/C=C\CSc1c(C(C)C)c(CN=O)c(C)n1CC(=O)NCc1ccccc1)CCl. The van der Waals surface area contributed by atoms with E-state index in [0.717, 1.165) is 45.2 Å². The smallest absolute Gasteiger partial charge is 0.240 e. The molecule has 1 aromatic carbocycles. The van der Waals surface area contributed by atoms with Gasteiger partial charge in [0.1, 0.15) is 13.1 Å². The molecule has 33 heavy (non-hydrogen) atoms. The Balaban J connectivity index is 2.20. The van der Waals surface area contributed by atoms with Gasteiger partial charge in [-0.2, -0.15) is 4.91 Å². The highest BCUT2D eigenvalue weighted by Gasteiger charge is 2.23. The molecule has 0 aliphatic carbocycles. The largest absolute Gasteiger partial charge is 0.350 e. The van der Waals surface area contributed by atoms with E-state index in [0.29, 0.717) is 12.4 Å². The molecule has 1 N–H and O–H groups in total. The topological polar surface area (TPSA) is 63.5 Å². The van der Waals surface area contributed by atoms with Crippen molar-refractivity contribution < 1.29 is 4.79 Å². The lowest BCUT2D eigenvalue weighted by atomic mass is 10.0. The van der Waals surface area contributed by atoms with Crippen molar-refractivity contribution >= 4 is 29.3 Å². The van der Waals surface area contributed by atoms with Gasteiger partial charge in [0.15, 0.2) is 0 Å². The number of nitrogens with one attached hydrogen (secondary N) is 1. The van der Waals surface area contributed by atoms with E-state index in [1.807, 2.05) is 48.7 Å². The Morgan fingerprint density at radius 1 is 1.24 bits per heavy atom. The predicted molar refractivity (Wildman–Crippen MR) is 140 cm³/mol. The van der Waals surface area contributed by atoms with E-state index in [9.17, 15) is 9.70 Å². The molecule has 2 aromatic rings. The lowest BCUT2D eigenvalue weighted by molar-refractivity contribution is -0.121. The zero-order valence-electron chi connectivity index (χ0n) is 19.9. The molecule has 0 unspecified atom stereocenters. The number of carbonyl (C=O) groups excluding carboxylic acids is 1. The van der Waals surface area contributed by atoms with Crippen LogP contribution in [-0.2, 0) is 24.4 Å². The summed E-state index contributed by atoms with van der Waals surface area (Å²) >= 11 is 7.51. The lowest BCUT2D eigenvalue weighted by Gasteiger charge is -2.14. The molecule has 5 nitrogen and oxygen atoms in total. The van der Waals surface area contributed by atoms with Crippen LogP contribution in [0.15, 0.2) is 64.3 Å². The predicted octanol–water partition coefficient (Wildman–Crippen LogP) is 6.73. The second-order valence-electron chi connectivity index (χ2n) is 8.28. The van der Waals surface area contributed by atoms with Crippen LogP contribution in [0, 0.1) is 11.8 Å². The van der Waals surface area contributed by atoms with Crippen molar-refractivity contribution in [2.45, 2.75) is 64.7 Å². The monoisotopic (exact) mass is 487 g/mol. The minimum atomic E-state index is -0.0584. The average Bonchev–Trinajstić information content (AvgIpc) is 3.06. The molecule has 1 amide bonds. The van der Waals surface area contributed by atoms with Crippen molar-refractivity contribution in [2.75, 3.05) is 11.6 Å². The molecule has 1 aromatic heterocycles. The summed E-state index contributed by atoms with van der Waals surface area (Å²) in [6.45, 7) is 9.03. The Hall–Kier alpha value is -2.31. The van der Waals surface area contributed by atoms with Gasteiger partial charge >= 0.3 is 0 Å². The highest BCUT2D eigenvalue weighted by molar-refractivity contribution is 7.99. The fraction of sp³-hybridized carbons (Fsp3) is 0.423. The maximum Gasteiger partial charge on any atom is 0.240 e. The number of alkyl halides is 1. The fourth-order valence-corrected chi connectivity index (χ4v) is 4.97. The number of hydrogen-bond donors (Lipinski definition) is 1. The van der Waals surface area contributed by atoms with Crippen molar-refractivity contribution in [2.24, 2.45) is 5.18 Å². The van der Waals surface area contributed by atoms with Gasteiger partial charge in [0.2, 0.25) is 5.91 Å². The van der Waals surface area contributed by atoms with Crippen LogP contribution in [0.25, 0.3) is 0 Å². The number of thioether (sulfide) groups is 1. The van der Waals surface area contributed by atoms with Crippen molar-refractivity contribution in [3.05, 3.63) is 81.4 Å². The molecular formula is C26H34ClN3O2S. The normalized spacial score (nSPS) is 12.0. The van der Waals surface area contributed by atoms with Gasteiger partial charge in [0.25, 0.3) is 0 Å². The van der Waals surface area contributed by atoms with Crippen LogP contribution in [0.4, 0.5) is 0 Å². The minimum Gasteiger partial charge on any atom is -0.350 e. The standard InChI is InChI=1S/C26H34ClN3O2S/c1-19(2)25-23(17-29-32)21(4)30(18-24(31)28-16-22-12-8-5-9-13-22)26(25)33-14-10-6-7-11-20(3)15-27/h5-6,8-13,19H,7,14-18H2,1-4H3,(H,28,31)/b10-6-,20-11+. The van der Waals surface area contributed by atoms with E-state index in [-0.39, 0.29) is 24.9 Å². The summed E-state index contributed by atoms with van der Waals surface area (Å²) in [5.41, 5.74) is 5.19. The van der Waals surface area contributed by atoms with Gasteiger partial charge < -0.3 is 9.88 Å². The van der Waals surface area contributed by atoms with Gasteiger partial charge in [0.05, 0.1) is 5.03 Å². The van der Waals surface area contributed by atoms with E-state index in [2.05, 4.69) is 42.6 Å². The van der Waals surface area contributed by atoms with Crippen LogP contribution in [-0.4, -0.2) is 22.1 Å². The number of hydrogen-bond acceptors (Lipinski definition) is 4. The average molecular weight is 488 g/mol. The molecular weight excluding hydrogens is 454 g/mol. The van der Waals surface area contributed by atoms with E-state index < -0.39 is 0 Å². The van der Waals surface area contributed by atoms with Crippen LogP contribution in [0.5, 0.6) is 0 Å². The van der Waals surface area contributed by atoms with Crippen LogP contribution in [0.2, 0.25) is 0 Å². The van der Waals surface area contributed by atoms with Crippen LogP contribution in [0.3, 0.4) is 0 Å². The van der Waals surface area contributed by atoms with Crippen LogP contribution in [0.1, 0.15) is 55.5 Å². The molecule has 178 valence electrons. The minimum absolute atomic E-state index is 0.0584. The van der Waals surface area contributed by atoms with E-state index in [1.165, 1.54) is 0 Å². The van der Waals surface area contributed by atoms with Crippen molar-refractivity contribution in [3.8, 4) is 0 Å². The second kappa shape index (κ2) is 14.1. The van der Waals surface area contributed by atoms with Gasteiger partial charge in [0, 0.05) is 29.4 Å². The Bertz CT molecular complexity index is 981. The third-order valence-corrected chi connectivity index (χ3v) is 6.87. The molecule has 0 atom stereocenters. The molecule has 0 aliphatic rings. The van der Waals surface area contributed by atoms with Crippen LogP contribution < -0.4 is 5.32 Å². The zero-order valence-corrected chi connectivity index (χ0v) is 21.5. The second-order valence-corrected chi connectivity index (χ2v) is 9.55. The molecule has 1 heterocycles. The molecule has 0 aliphatic heterocycles. The van der Waals surface area contributed by atoms with Gasteiger partial charge in [-0.3, -0.25) is 4.79 Å². The first-order valence-electron chi connectivity index (χ1n) is 11.2. The van der Waals surface area contributed by atoms with Gasteiger partial charge in [-0.1, -0.05) is 73.2 Å². The fourth-order valence-electron chi connectivity index (χ4n) is 3.60. The van der Waals surface area contributed by atoms with Crippen molar-refractivity contribution in [1.82, 2.24) is 9.88 Å². The molecule has 0 saturated carbocycles. The van der Waals surface area contributed by atoms with Crippen molar-refractivity contribution in [1.29, 1.82) is 0 Å². The summed E-state index contributed by atoms with van der Waals surface area (Å²) < 4.78 is 2.03. The number of rotatable bonds is 13. The summed E-state index contributed by atoms with van der Waals surface area (Å²) in [5, 5.41) is 7.20.